The molecule has 0 aliphatic rings. The summed E-state index contributed by atoms with van der Waals surface area (Å²) >= 11 is 0. The van der Waals surface area contributed by atoms with Crippen LogP contribution in [0.15, 0.2) is 73.2 Å². The van der Waals surface area contributed by atoms with Gasteiger partial charge in [0.2, 0.25) is 0 Å². The van der Waals surface area contributed by atoms with E-state index in [4.69, 9.17) is 4.98 Å². The predicted octanol–water partition coefficient (Wildman–Crippen LogP) is 6.15. The van der Waals surface area contributed by atoms with Gasteiger partial charge in [0.05, 0.1) is 40.3 Å². The molecule has 0 fully saturated rings. The molecule has 4 aromatic heterocycles. The molecule has 0 bridgehead atoms. The first-order valence-electron chi connectivity index (χ1n) is 12.3. The minimum atomic E-state index is -0.735. The predicted molar refractivity (Wildman–Crippen MR) is 147 cm³/mol. The number of anilines is 1. The Morgan fingerprint density at radius 3 is 2.61 bits per heavy atom. The first-order valence-corrected chi connectivity index (χ1v) is 12.3. The van der Waals surface area contributed by atoms with Crippen LogP contribution < -0.4 is 5.32 Å². The fourth-order valence-corrected chi connectivity index (χ4v) is 4.32. The van der Waals surface area contributed by atoms with Gasteiger partial charge in [0.1, 0.15) is 17.7 Å². The van der Waals surface area contributed by atoms with Crippen molar-refractivity contribution in [3.8, 4) is 33.9 Å². The number of benzene rings is 2. The molecule has 1 unspecified atom stereocenters. The molecule has 190 valence electrons. The van der Waals surface area contributed by atoms with Gasteiger partial charge in [-0.05, 0) is 35.9 Å². The smallest absolute Gasteiger partial charge is 0.159 e. The first kappa shape index (κ1) is 23.7. The fourth-order valence-electron chi connectivity index (χ4n) is 4.32. The van der Waals surface area contributed by atoms with Gasteiger partial charge in [0.25, 0.3) is 0 Å². The maximum Gasteiger partial charge on any atom is 0.159 e. The summed E-state index contributed by atoms with van der Waals surface area (Å²) in [6, 6.07) is 16.1. The van der Waals surface area contributed by atoms with Crippen LogP contribution in [0.1, 0.15) is 20.8 Å². The number of aliphatic hydroxyl groups is 1. The van der Waals surface area contributed by atoms with Crippen LogP contribution in [0.25, 0.3) is 55.8 Å². The lowest BCUT2D eigenvalue weighted by molar-refractivity contribution is 0.0880. The van der Waals surface area contributed by atoms with Crippen LogP contribution in [0.3, 0.4) is 0 Å². The highest BCUT2D eigenvalue weighted by Gasteiger charge is 2.22. The van der Waals surface area contributed by atoms with E-state index in [9.17, 15) is 9.50 Å². The van der Waals surface area contributed by atoms with E-state index in [1.165, 1.54) is 12.1 Å². The number of nitrogens with one attached hydrogen (secondary N) is 3. The van der Waals surface area contributed by atoms with Gasteiger partial charge in [-0.1, -0.05) is 45.0 Å². The number of halogens is 1. The molecule has 0 aliphatic carbocycles. The number of hydrogen-bond acceptors (Lipinski definition) is 6. The SMILES string of the molecule is CC(C)(C)C(O)Nc1cncc(-c2cc3c(-c4nc5c(-c6cccc(F)c6)cccc5[nH]4)n[nH]c3cn2)c1. The van der Waals surface area contributed by atoms with E-state index in [-0.39, 0.29) is 11.2 Å². The minimum absolute atomic E-state index is 0.296. The summed E-state index contributed by atoms with van der Waals surface area (Å²) in [5.74, 6) is 0.296. The molecule has 8 nitrogen and oxygen atoms in total. The number of imidazole rings is 1. The Morgan fingerprint density at radius 1 is 0.947 bits per heavy atom. The normalized spacial score (nSPS) is 12.8. The Kier molecular flexibility index (Phi) is 5.65. The monoisotopic (exact) mass is 507 g/mol. The molecule has 0 saturated heterocycles. The molecule has 9 heteroatoms. The third-order valence-corrected chi connectivity index (χ3v) is 6.48. The molecule has 1 atom stereocenters. The van der Waals surface area contributed by atoms with Gasteiger partial charge in [0, 0.05) is 28.1 Å². The number of rotatable bonds is 5. The van der Waals surface area contributed by atoms with Crippen LogP contribution in [0.4, 0.5) is 10.1 Å². The lowest BCUT2D eigenvalue weighted by Gasteiger charge is -2.27. The van der Waals surface area contributed by atoms with Gasteiger partial charge in [0.15, 0.2) is 5.82 Å². The third-order valence-electron chi connectivity index (χ3n) is 6.48. The zero-order chi connectivity index (χ0) is 26.4. The maximum absolute atomic E-state index is 13.9. The first-order chi connectivity index (χ1) is 18.3. The molecule has 2 aromatic carbocycles. The molecular formula is C29H26FN7O. The number of nitrogens with zero attached hydrogens (tertiary/aromatic N) is 4. The van der Waals surface area contributed by atoms with Gasteiger partial charge in [-0.25, -0.2) is 9.37 Å². The largest absolute Gasteiger partial charge is 0.373 e. The van der Waals surface area contributed by atoms with Crippen LogP contribution in [0.5, 0.6) is 0 Å². The highest BCUT2D eigenvalue weighted by molar-refractivity contribution is 5.97. The number of aromatic amines is 2. The van der Waals surface area contributed by atoms with Crippen LogP contribution >= 0.6 is 0 Å². The van der Waals surface area contributed by atoms with E-state index in [0.29, 0.717) is 22.9 Å². The molecule has 38 heavy (non-hydrogen) atoms. The van der Waals surface area contributed by atoms with Crippen molar-refractivity contribution in [1.29, 1.82) is 0 Å². The summed E-state index contributed by atoms with van der Waals surface area (Å²) < 4.78 is 13.9. The van der Waals surface area contributed by atoms with Gasteiger partial charge < -0.3 is 15.4 Å². The standard InChI is InChI=1S/C29H26FN7O/c1-29(2,3)28(38)33-19-11-17(13-31-14-19)23-12-21-24(15-32-23)36-37-26(21)27-34-22-9-5-8-20(25(22)35-27)16-6-4-7-18(30)10-16/h4-15,28,33,38H,1-3H3,(H,34,35)(H,36,37). The van der Waals surface area contributed by atoms with Gasteiger partial charge in [-0.3, -0.25) is 15.1 Å². The van der Waals surface area contributed by atoms with E-state index in [2.05, 4.69) is 30.5 Å². The van der Waals surface area contributed by atoms with Crippen LogP contribution in [0, 0.1) is 11.2 Å². The van der Waals surface area contributed by atoms with Crippen molar-refractivity contribution in [3.63, 3.8) is 0 Å². The van der Waals surface area contributed by atoms with Crippen molar-refractivity contribution in [2.75, 3.05) is 5.32 Å². The summed E-state index contributed by atoms with van der Waals surface area (Å²) in [5.41, 5.74) is 6.42. The molecular weight excluding hydrogens is 481 g/mol. The number of H-pyrrole nitrogens is 2. The van der Waals surface area contributed by atoms with Crippen molar-refractivity contribution in [2.24, 2.45) is 5.41 Å². The van der Waals surface area contributed by atoms with Crippen LogP contribution in [-0.4, -0.2) is 41.5 Å². The van der Waals surface area contributed by atoms with Crippen molar-refractivity contribution < 1.29 is 9.50 Å². The van der Waals surface area contributed by atoms with E-state index in [1.54, 1.807) is 24.7 Å². The number of para-hydroxylation sites is 1. The fraction of sp³-hybridized carbons (Fsp3) is 0.172. The summed E-state index contributed by atoms with van der Waals surface area (Å²) in [7, 11) is 0. The summed E-state index contributed by atoms with van der Waals surface area (Å²) in [6.45, 7) is 5.87. The van der Waals surface area contributed by atoms with Gasteiger partial charge >= 0.3 is 0 Å². The zero-order valence-corrected chi connectivity index (χ0v) is 21.1. The second-order valence-corrected chi connectivity index (χ2v) is 10.4. The second-order valence-electron chi connectivity index (χ2n) is 10.4. The average molecular weight is 508 g/mol. The van der Waals surface area contributed by atoms with Gasteiger partial charge in [-0.15, -0.1) is 0 Å². The molecule has 6 rings (SSSR count). The molecule has 0 aliphatic heterocycles. The average Bonchev–Trinajstić information content (AvgIpc) is 3.52. The Bertz CT molecular complexity index is 1780. The van der Waals surface area contributed by atoms with Crippen molar-refractivity contribution >= 4 is 27.6 Å². The zero-order valence-electron chi connectivity index (χ0n) is 21.1. The highest BCUT2D eigenvalue weighted by Crippen LogP contribution is 2.33. The quantitative estimate of drug-likeness (QED) is 0.208. The number of pyridine rings is 2. The lowest BCUT2D eigenvalue weighted by Crippen LogP contribution is -2.33. The molecule has 0 saturated carbocycles. The Labute approximate surface area is 218 Å². The van der Waals surface area contributed by atoms with E-state index >= 15 is 0 Å². The van der Waals surface area contributed by atoms with Crippen molar-refractivity contribution in [1.82, 2.24) is 30.1 Å². The lowest BCUT2D eigenvalue weighted by atomic mass is 9.94. The number of aliphatic hydroxyl groups excluding tert-OH is 1. The molecule has 0 amide bonds. The van der Waals surface area contributed by atoms with Gasteiger partial charge in [-0.2, -0.15) is 5.10 Å². The van der Waals surface area contributed by atoms with E-state index in [1.807, 2.05) is 57.2 Å². The Hall–Kier alpha value is -4.63. The number of fused-ring (bicyclic) bond motifs is 2. The summed E-state index contributed by atoms with van der Waals surface area (Å²) in [4.78, 5) is 17.1. The van der Waals surface area contributed by atoms with E-state index in [0.717, 1.165) is 38.6 Å². The molecule has 6 aromatic rings. The Morgan fingerprint density at radius 2 is 1.79 bits per heavy atom. The molecule has 0 radical (unpaired) electrons. The van der Waals surface area contributed by atoms with Crippen LogP contribution in [0.2, 0.25) is 0 Å². The highest BCUT2D eigenvalue weighted by atomic mass is 19.1. The molecule has 4 N–H and O–H groups in total. The number of aromatic nitrogens is 6. The topological polar surface area (TPSA) is 115 Å². The Balaban J connectivity index is 1.40. The van der Waals surface area contributed by atoms with Crippen LogP contribution in [-0.2, 0) is 0 Å². The van der Waals surface area contributed by atoms with Crippen molar-refractivity contribution in [2.45, 2.75) is 27.0 Å². The van der Waals surface area contributed by atoms with Crippen molar-refractivity contribution in [3.05, 3.63) is 79.0 Å². The maximum atomic E-state index is 13.9. The molecule has 4 heterocycles. The second kappa shape index (κ2) is 9.04. The third kappa shape index (κ3) is 4.37. The minimum Gasteiger partial charge on any atom is -0.373 e. The summed E-state index contributed by atoms with van der Waals surface area (Å²) in [5, 5.41) is 21.9. The van der Waals surface area contributed by atoms with E-state index < -0.39 is 6.23 Å². The molecule has 0 spiro atoms. The summed E-state index contributed by atoms with van der Waals surface area (Å²) in [6.07, 6.45) is 4.40. The number of hydrogen-bond donors (Lipinski definition) is 4.